The molecule has 1 aliphatic heterocycles. The van der Waals surface area contributed by atoms with Crippen LogP contribution in [-0.2, 0) is 0 Å². The van der Waals surface area contributed by atoms with Crippen molar-refractivity contribution in [3.8, 4) is 5.88 Å². The van der Waals surface area contributed by atoms with Gasteiger partial charge in [0.1, 0.15) is 0 Å². The van der Waals surface area contributed by atoms with E-state index < -0.39 is 4.92 Å². The molecule has 7 nitrogen and oxygen atoms in total. The van der Waals surface area contributed by atoms with E-state index in [9.17, 15) is 10.1 Å². The van der Waals surface area contributed by atoms with Crippen molar-refractivity contribution in [3.05, 3.63) is 22.2 Å². The molecule has 1 saturated heterocycles. The summed E-state index contributed by atoms with van der Waals surface area (Å²) in [5, 5.41) is 14.3. The summed E-state index contributed by atoms with van der Waals surface area (Å²) in [5.74, 6) is 0.687. The zero-order valence-electron chi connectivity index (χ0n) is 11.4. The van der Waals surface area contributed by atoms with E-state index in [2.05, 4.69) is 15.2 Å². The molecule has 0 aromatic carbocycles. The van der Waals surface area contributed by atoms with Crippen molar-refractivity contribution in [1.29, 1.82) is 0 Å². The van der Waals surface area contributed by atoms with Crippen molar-refractivity contribution < 1.29 is 9.66 Å². The van der Waals surface area contributed by atoms with Crippen LogP contribution in [0, 0.1) is 10.1 Å². The number of rotatable bonds is 5. The first-order valence-corrected chi connectivity index (χ1v) is 6.87. The summed E-state index contributed by atoms with van der Waals surface area (Å²) in [4.78, 5) is 17.3. The van der Waals surface area contributed by atoms with Gasteiger partial charge in [0.15, 0.2) is 0 Å². The maximum atomic E-state index is 11.1. The standard InChI is InChI=1S/C13H18N4O3/c1-20-12-5-4-11(17(18)19)13(15-12)14-9-6-7-16(8-9)10-2-3-10/h4-5,9-10H,2-3,6-8H2,1H3,(H,14,15). The minimum atomic E-state index is -0.414. The van der Waals surface area contributed by atoms with Crippen LogP contribution in [-0.4, -0.2) is 47.1 Å². The second-order valence-electron chi connectivity index (χ2n) is 5.33. The van der Waals surface area contributed by atoms with Crippen molar-refractivity contribution in [1.82, 2.24) is 9.88 Å². The molecule has 2 fully saturated rings. The Balaban J connectivity index is 1.73. The first-order valence-electron chi connectivity index (χ1n) is 6.87. The molecule has 1 aromatic rings. The first-order chi connectivity index (χ1) is 9.67. The van der Waals surface area contributed by atoms with Crippen molar-refractivity contribution in [2.45, 2.75) is 31.3 Å². The van der Waals surface area contributed by atoms with Gasteiger partial charge in [-0.05, 0) is 19.3 Å². The molecule has 1 atom stereocenters. The zero-order valence-corrected chi connectivity index (χ0v) is 11.4. The Kier molecular flexibility index (Phi) is 3.43. The fourth-order valence-corrected chi connectivity index (χ4v) is 2.67. The highest BCUT2D eigenvalue weighted by Crippen LogP contribution is 2.32. The number of pyridine rings is 1. The summed E-state index contributed by atoms with van der Waals surface area (Å²) in [6.45, 7) is 1.99. The molecule has 1 unspecified atom stereocenters. The van der Waals surface area contributed by atoms with Crippen molar-refractivity contribution in [3.63, 3.8) is 0 Å². The van der Waals surface area contributed by atoms with Crippen molar-refractivity contribution in [2.75, 3.05) is 25.5 Å². The second-order valence-corrected chi connectivity index (χ2v) is 5.33. The van der Waals surface area contributed by atoms with Crippen LogP contribution in [0.4, 0.5) is 11.5 Å². The molecular weight excluding hydrogens is 260 g/mol. The highest BCUT2D eigenvalue weighted by atomic mass is 16.6. The quantitative estimate of drug-likeness (QED) is 0.651. The molecule has 108 valence electrons. The number of methoxy groups -OCH3 is 1. The van der Waals surface area contributed by atoms with E-state index in [1.54, 1.807) is 0 Å². The number of ether oxygens (including phenoxy) is 1. The highest BCUT2D eigenvalue weighted by molar-refractivity contribution is 5.57. The van der Waals surface area contributed by atoms with Crippen LogP contribution in [0.5, 0.6) is 5.88 Å². The van der Waals surface area contributed by atoms with Gasteiger partial charge in [-0.1, -0.05) is 0 Å². The zero-order chi connectivity index (χ0) is 14.1. The number of hydrogen-bond donors (Lipinski definition) is 1. The number of likely N-dealkylation sites (tertiary alicyclic amines) is 1. The van der Waals surface area contributed by atoms with Crippen LogP contribution in [0.25, 0.3) is 0 Å². The van der Waals surface area contributed by atoms with E-state index in [1.807, 2.05) is 0 Å². The maximum absolute atomic E-state index is 11.1. The van der Waals surface area contributed by atoms with Crippen LogP contribution in [0.3, 0.4) is 0 Å². The third-order valence-electron chi connectivity index (χ3n) is 3.88. The van der Waals surface area contributed by atoms with Crippen molar-refractivity contribution >= 4 is 11.5 Å². The minimum Gasteiger partial charge on any atom is -0.481 e. The molecule has 2 aliphatic rings. The molecule has 1 aromatic heterocycles. The van der Waals surface area contributed by atoms with Gasteiger partial charge >= 0.3 is 5.69 Å². The molecule has 1 saturated carbocycles. The lowest BCUT2D eigenvalue weighted by Gasteiger charge is -2.16. The van der Waals surface area contributed by atoms with Gasteiger partial charge in [-0.2, -0.15) is 4.98 Å². The Morgan fingerprint density at radius 3 is 2.90 bits per heavy atom. The molecule has 0 amide bonds. The minimum absolute atomic E-state index is 0.00401. The van der Waals surface area contributed by atoms with E-state index in [-0.39, 0.29) is 11.7 Å². The lowest BCUT2D eigenvalue weighted by atomic mass is 10.2. The molecular formula is C13H18N4O3. The smallest absolute Gasteiger partial charge is 0.311 e. The third-order valence-corrected chi connectivity index (χ3v) is 3.88. The fraction of sp³-hybridized carbons (Fsp3) is 0.615. The molecule has 20 heavy (non-hydrogen) atoms. The van der Waals surface area contributed by atoms with Crippen LogP contribution in [0.2, 0.25) is 0 Å². The summed E-state index contributed by atoms with van der Waals surface area (Å²) in [6.07, 6.45) is 3.56. The summed E-state index contributed by atoms with van der Waals surface area (Å²) in [6, 6.07) is 3.89. The Hall–Kier alpha value is -1.89. The Morgan fingerprint density at radius 1 is 1.45 bits per heavy atom. The van der Waals surface area contributed by atoms with Gasteiger partial charge < -0.3 is 10.1 Å². The number of nitrogens with zero attached hydrogens (tertiary/aromatic N) is 3. The Labute approximate surface area is 117 Å². The second kappa shape index (κ2) is 5.24. The topological polar surface area (TPSA) is 80.5 Å². The van der Waals surface area contributed by atoms with E-state index in [0.717, 1.165) is 25.6 Å². The van der Waals surface area contributed by atoms with Gasteiger partial charge in [-0.15, -0.1) is 0 Å². The van der Waals surface area contributed by atoms with Crippen molar-refractivity contribution in [2.24, 2.45) is 0 Å². The number of nitrogens with one attached hydrogen (secondary N) is 1. The van der Waals surface area contributed by atoms with Gasteiger partial charge in [0.2, 0.25) is 11.7 Å². The maximum Gasteiger partial charge on any atom is 0.311 e. The average Bonchev–Trinajstić information content (AvgIpc) is 3.19. The van der Waals surface area contributed by atoms with Gasteiger partial charge in [-0.25, -0.2) is 0 Å². The first kappa shape index (κ1) is 13.1. The molecule has 3 rings (SSSR count). The molecule has 0 bridgehead atoms. The van der Waals surface area contributed by atoms with E-state index in [4.69, 9.17) is 4.74 Å². The third kappa shape index (κ3) is 2.67. The van der Waals surface area contributed by atoms with E-state index in [1.165, 1.54) is 32.1 Å². The Morgan fingerprint density at radius 2 is 2.25 bits per heavy atom. The molecule has 1 N–H and O–H groups in total. The van der Waals surface area contributed by atoms with Gasteiger partial charge in [0, 0.05) is 37.3 Å². The largest absolute Gasteiger partial charge is 0.481 e. The predicted octanol–water partition coefficient (Wildman–Crippen LogP) is 1.65. The molecule has 2 heterocycles. The summed E-state index contributed by atoms with van der Waals surface area (Å²) in [5.41, 5.74) is -0.00401. The van der Waals surface area contributed by atoms with Crippen LogP contribution in [0.15, 0.2) is 12.1 Å². The van der Waals surface area contributed by atoms with Crippen LogP contribution < -0.4 is 10.1 Å². The lowest BCUT2D eigenvalue weighted by Crippen LogP contribution is -2.28. The monoisotopic (exact) mass is 278 g/mol. The normalized spacial score (nSPS) is 22.8. The fourth-order valence-electron chi connectivity index (χ4n) is 2.67. The van der Waals surface area contributed by atoms with Crippen LogP contribution in [0.1, 0.15) is 19.3 Å². The van der Waals surface area contributed by atoms with Gasteiger partial charge in [-0.3, -0.25) is 15.0 Å². The van der Waals surface area contributed by atoms with E-state index in [0.29, 0.717) is 11.7 Å². The van der Waals surface area contributed by atoms with Crippen LogP contribution >= 0.6 is 0 Å². The van der Waals surface area contributed by atoms with E-state index >= 15 is 0 Å². The predicted molar refractivity (Wildman–Crippen MR) is 74.1 cm³/mol. The number of hydrogen-bond acceptors (Lipinski definition) is 6. The number of nitro groups is 1. The number of anilines is 1. The van der Waals surface area contributed by atoms with Gasteiger partial charge in [0.05, 0.1) is 12.0 Å². The molecule has 1 aliphatic carbocycles. The summed E-state index contributed by atoms with van der Waals surface area (Å²) < 4.78 is 5.04. The SMILES string of the molecule is COc1ccc([N+](=O)[O-])c(NC2CCN(C3CC3)C2)n1. The highest BCUT2D eigenvalue weighted by Gasteiger charge is 2.35. The average molecular weight is 278 g/mol. The molecule has 0 spiro atoms. The van der Waals surface area contributed by atoms with Gasteiger partial charge in [0.25, 0.3) is 0 Å². The lowest BCUT2D eigenvalue weighted by molar-refractivity contribution is -0.384. The number of aromatic nitrogens is 1. The summed E-state index contributed by atoms with van der Waals surface area (Å²) >= 11 is 0. The molecule has 0 radical (unpaired) electrons. The Bertz CT molecular complexity index is 518. The summed E-state index contributed by atoms with van der Waals surface area (Å²) in [7, 11) is 1.50. The molecule has 7 heteroatoms.